The minimum Gasteiger partial charge on any atom is -0.508 e. The highest BCUT2D eigenvalue weighted by Gasteiger charge is 2.35. The fourth-order valence-electron chi connectivity index (χ4n) is 3.65. The first-order valence-electron chi connectivity index (χ1n) is 10.2. The van der Waals surface area contributed by atoms with Gasteiger partial charge in [-0.1, -0.05) is 30.9 Å². The molecular weight excluding hydrogens is 420 g/mol. The second kappa shape index (κ2) is 8.94. The molecule has 2 aromatic rings. The molecule has 1 aromatic carbocycles. The Morgan fingerprint density at radius 3 is 2.71 bits per heavy atom. The molecule has 11 heteroatoms. The Hall–Kier alpha value is -3.11. The SMILES string of the molecule is C=C1c2[nH]c(Cl)nc2N(CCC)C(=O)N1CCCN1N=NC(Cc2ccc(O)cc2)N1. The monoisotopic (exact) mass is 444 g/mol. The van der Waals surface area contributed by atoms with Gasteiger partial charge in [0.05, 0.1) is 12.2 Å². The molecule has 3 N–H and O–H groups in total. The number of nitrogens with zero attached hydrogens (tertiary/aromatic N) is 6. The third-order valence-corrected chi connectivity index (χ3v) is 5.33. The average Bonchev–Trinajstić information content (AvgIpc) is 3.36. The lowest BCUT2D eigenvalue weighted by Gasteiger charge is -2.35. The molecule has 0 fully saturated rings. The summed E-state index contributed by atoms with van der Waals surface area (Å²) in [5.41, 5.74) is 5.52. The van der Waals surface area contributed by atoms with Crippen molar-refractivity contribution >= 4 is 29.1 Å². The van der Waals surface area contributed by atoms with Gasteiger partial charge in [0, 0.05) is 19.5 Å². The number of hydrogen-bond acceptors (Lipinski definition) is 7. The van der Waals surface area contributed by atoms with Crippen molar-refractivity contribution in [2.75, 3.05) is 24.5 Å². The largest absolute Gasteiger partial charge is 0.508 e. The molecule has 31 heavy (non-hydrogen) atoms. The molecule has 0 saturated carbocycles. The van der Waals surface area contributed by atoms with E-state index in [0.717, 1.165) is 12.0 Å². The third kappa shape index (κ3) is 4.49. The number of nitrogens with one attached hydrogen (secondary N) is 2. The zero-order valence-corrected chi connectivity index (χ0v) is 18.0. The van der Waals surface area contributed by atoms with E-state index in [4.69, 9.17) is 11.6 Å². The average molecular weight is 445 g/mol. The van der Waals surface area contributed by atoms with E-state index in [9.17, 15) is 9.90 Å². The minimum atomic E-state index is -0.161. The number of urea groups is 1. The lowest BCUT2D eigenvalue weighted by molar-refractivity contribution is 0.194. The topological polar surface area (TPSA) is 112 Å². The number of rotatable bonds is 8. The summed E-state index contributed by atoms with van der Waals surface area (Å²) in [5, 5.41) is 19.7. The van der Waals surface area contributed by atoms with Crippen LogP contribution in [-0.2, 0) is 6.42 Å². The number of aromatic nitrogens is 2. The maximum Gasteiger partial charge on any atom is 0.330 e. The fourth-order valence-corrected chi connectivity index (χ4v) is 3.83. The summed E-state index contributed by atoms with van der Waals surface area (Å²) in [5.74, 6) is 0.771. The molecule has 1 atom stereocenters. The van der Waals surface area contributed by atoms with Crippen molar-refractivity contribution in [1.82, 2.24) is 25.4 Å². The number of carbonyl (C=O) groups is 1. The van der Waals surface area contributed by atoms with E-state index in [0.29, 0.717) is 49.7 Å². The predicted molar refractivity (Wildman–Crippen MR) is 117 cm³/mol. The standard InChI is InChI=1S/C20H25ClN8O2/c1-3-9-28-18-17(22-19(21)23-18)13(2)27(20(28)31)10-4-11-29-25-16(24-26-29)12-14-5-7-15(30)8-6-14/h5-8,16,25,30H,2-4,9-12H2,1H3,(H,22,23). The van der Waals surface area contributed by atoms with E-state index in [1.807, 2.05) is 19.1 Å². The first-order chi connectivity index (χ1) is 15.0. The normalized spacial score (nSPS) is 18.3. The van der Waals surface area contributed by atoms with Gasteiger partial charge in [0.1, 0.15) is 17.6 Å². The Morgan fingerprint density at radius 2 is 1.97 bits per heavy atom. The van der Waals surface area contributed by atoms with Crippen LogP contribution in [0.1, 0.15) is 31.0 Å². The van der Waals surface area contributed by atoms with E-state index in [1.165, 1.54) is 0 Å². The molecule has 0 saturated heterocycles. The maximum absolute atomic E-state index is 13.0. The van der Waals surface area contributed by atoms with Crippen LogP contribution >= 0.6 is 11.6 Å². The zero-order chi connectivity index (χ0) is 22.0. The Labute approximate surface area is 185 Å². The minimum absolute atomic E-state index is 0.149. The van der Waals surface area contributed by atoms with Gasteiger partial charge in [0.25, 0.3) is 0 Å². The van der Waals surface area contributed by atoms with Crippen LogP contribution in [0.15, 0.2) is 41.2 Å². The number of hydrogen-bond donors (Lipinski definition) is 3. The maximum atomic E-state index is 13.0. The van der Waals surface area contributed by atoms with Crippen LogP contribution in [0.2, 0.25) is 5.28 Å². The van der Waals surface area contributed by atoms with Crippen molar-refractivity contribution in [3.05, 3.63) is 47.4 Å². The first-order valence-corrected chi connectivity index (χ1v) is 10.6. The van der Waals surface area contributed by atoms with E-state index >= 15 is 0 Å². The molecule has 164 valence electrons. The van der Waals surface area contributed by atoms with E-state index in [-0.39, 0.29) is 23.2 Å². The molecule has 2 aliphatic rings. The van der Waals surface area contributed by atoms with Crippen LogP contribution < -0.4 is 10.3 Å². The molecule has 0 bridgehead atoms. The number of aromatic hydroxyl groups is 1. The van der Waals surface area contributed by atoms with Gasteiger partial charge < -0.3 is 10.1 Å². The number of halogens is 1. The molecule has 10 nitrogen and oxygen atoms in total. The number of hydrazine groups is 1. The van der Waals surface area contributed by atoms with Crippen molar-refractivity contribution in [2.45, 2.75) is 32.4 Å². The quantitative estimate of drug-likeness (QED) is 0.576. The fraction of sp³-hybridized carbons (Fsp3) is 0.400. The molecule has 0 radical (unpaired) electrons. The van der Waals surface area contributed by atoms with E-state index in [2.05, 4.69) is 32.3 Å². The van der Waals surface area contributed by atoms with Crippen molar-refractivity contribution in [3.8, 4) is 5.75 Å². The van der Waals surface area contributed by atoms with Crippen LogP contribution in [0, 0.1) is 0 Å². The number of phenols is 1. The molecule has 1 unspecified atom stereocenters. The summed E-state index contributed by atoms with van der Waals surface area (Å²) < 4.78 is 0. The van der Waals surface area contributed by atoms with Crippen molar-refractivity contribution in [2.24, 2.45) is 10.3 Å². The Morgan fingerprint density at radius 1 is 1.19 bits per heavy atom. The number of carbonyl (C=O) groups excluding carboxylic acids is 1. The highest BCUT2D eigenvalue weighted by molar-refractivity contribution is 6.28. The summed E-state index contributed by atoms with van der Waals surface area (Å²) in [6.45, 7) is 7.69. The van der Waals surface area contributed by atoms with Crippen LogP contribution in [0.4, 0.5) is 10.6 Å². The number of imidazole rings is 1. The number of phenolic OH excluding ortho intramolecular Hbond substituents is 1. The molecule has 2 amide bonds. The lowest BCUT2D eigenvalue weighted by Crippen LogP contribution is -2.47. The van der Waals surface area contributed by atoms with Crippen LogP contribution in [-0.4, -0.2) is 56.9 Å². The number of anilines is 1. The number of H-pyrrole nitrogens is 1. The molecule has 0 aliphatic carbocycles. The molecule has 3 heterocycles. The Balaban J connectivity index is 1.31. The molecule has 4 rings (SSSR count). The second-order valence-corrected chi connectivity index (χ2v) is 7.81. The van der Waals surface area contributed by atoms with Gasteiger partial charge in [0.15, 0.2) is 5.82 Å². The number of aromatic amines is 1. The van der Waals surface area contributed by atoms with E-state index in [1.54, 1.807) is 27.1 Å². The smallest absolute Gasteiger partial charge is 0.330 e. The zero-order valence-electron chi connectivity index (χ0n) is 17.3. The molecule has 1 aromatic heterocycles. The number of fused-ring (bicyclic) bond motifs is 1. The molecule has 0 spiro atoms. The summed E-state index contributed by atoms with van der Waals surface area (Å²) >= 11 is 6.03. The highest BCUT2D eigenvalue weighted by Crippen LogP contribution is 2.34. The summed E-state index contributed by atoms with van der Waals surface area (Å²) in [6.07, 6.45) is 1.97. The van der Waals surface area contributed by atoms with Crippen LogP contribution in [0.3, 0.4) is 0 Å². The Bertz CT molecular complexity index is 990. The van der Waals surface area contributed by atoms with Gasteiger partial charge in [-0.05, 0) is 42.1 Å². The molecule has 2 aliphatic heterocycles. The lowest BCUT2D eigenvalue weighted by atomic mass is 10.1. The van der Waals surface area contributed by atoms with E-state index < -0.39 is 0 Å². The second-order valence-electron chi connectivity index (χ2n) is 7.46. The van der Waals surface area contributed by atoms with Gasteiger partial charge in [-0.2, -0.15) is 10.4 Å². The van der Waals surface area contributed by atoms with Gasteiger partial charge in [-0.3, -0.25) is 9.80 Å². The van der Waals surface area contributed by atoms with Gasteiger partial charge in [0.2, 0.25) is 5.28 Å². The van der Waals surface area contributed by atoms with Crippen molar-refractivity contribution in [1.29, 1.82) is 0 Å². The van der Waals surface area contributed by atoms with Crippen molar-refractivity contribution in [3.63, 3.8) is 0 Å². The Kier molecular flexibility index (Phi) is 6.10. The van der Waals surface area contributed by atoms with Crippen LogP contribution in [0.5, 0.6) is 5.75 Å². The number of amides is 2. The predicted octanol–water partition coefficient (Wildman–Crippen LogP) is 3.54. The third-order valence-electron chi connectivity index (χ3n) is 5.15. The van der Waals surface area contributed by atoms with Gasteiger partial charge in [-0.15, -0.1) is 5.11 Å². The number of benzene rings is 1. The summed E-state index contributed by atoms with van der Waals surface area (Å²) in [7, 11) is 0. The molecular formula is C20H25ClN8O2. The summed E-state index contributed by atoms with van der Waals surface area (Å²) in [4.78, 5) is 23.5. The highest BCUT2D eigenvalue weighted by atomic mass is 35.5. The summed E-state index contributed by atoms with van der Waals surface area (Å²) in [6, 6.07) is 6.88. The first kappa shape index (κ1) is 21.1. The van der Waals surface area contributed by atoms with Crippen LogP contribution in [0.25, 0.3) is 5.70 Å². The van der Waals surface area contributed by atoms with Crippen molar-refractivity contribution < 1.29 is 9.90 Å². The van der Waals surface area contributed by atoms with Gasteiger partial charge in [-0.25, -0.2) is 9.91 Å². The van der Waals surface area contributed by atoms with Gasteiger partial charge >= 0.3 is 6.03 Å².